The maximum atomic E-state index is 9.22. The Kier molecular flexibility index (Phi) is 2.39. The minimum Gasteiger partial charge on any atom is -0.399 e. The van der Waals surface area contributed by atoms with Gasteiger partial charge in [0, 0.05) is 11.3 Å². The summed E-state index contributed by atoms with van der Waals surface area (Å²) >= 11 is 0. The molecule has 1 aromatic heterocycles. The zero-order valence-electron chi connectivity index (χ0n) is 8.21. The molecule has 0 aliphatic rings. The average molecular weight is 205 g/mol. The van der Waals surface area contributed by atoms with Crippen molar-refractivity contribution in [2.24, 2.45) is 0 Å². The molecule has 1 aromatic carbocycles. The fourth-order valence-corrected chi connectivity index (χ4v) is 1.20. The van der Waals surface area contributed by atoms with E-state index in [2.05, 4.69) is 10.1 Å². The molecule has 5 nitrogen and oxygen atoms in total. The zero-order valence-corrected chi connectivity index (χ0v) is 8.21. The lowest BCUT2D eigenvalue weighted by molar-refractivity contribution is 0.152. The van der Waals surface area contributed by atoms with Crippen LogP contribution in [0.3, 0.4) is 0 Å². The molecule has 0 radical (unpaired) electrons. The highest BCUT2D eigenvalue weighted by Crippen LogP contribution is 2.20. The minimum absolute atomic E-state index is 0.201. The van der Waals surface area contributed by atoms with E-state index in [0.717, 1.165) is 5.56 Å². The number of nitrogen functional groups attached to an aromatic ring is 1. The number of aromatic nitrogens is 2. The first-order valence-corrected chi connectivity index (χ1v) is 4.54. The molecule has 0 amide bonds. The highest BCUT2D eigenvalue weighted by molar-refractivity contribution is 5.60. The Bertz CT molecular complexity index is 465. The summed E-state index contributed by atoms with van der Waals surface area (Å²) < 4.78 is 4.87. The summed E-state index contributed by atoms with van der Waals surface area (Å²) in [5.41, 5.74) is 7.03. The molecule has 1 unspecified atom stereocenters. The Morgan fingerprint density at radius 1 is 1.47 bits per heavy atom. The summed E-state index contributed by atoms with van der Waals surface area (Å²) in [4.78, 5) is 4.04. The van der Waals surface area contributed by atoms with E-state index in [-0.39, 0.29) is 5.89 Å². The molecule has 0 saturated carbocycles. The van der Waals surface area contributed by atoms with Gasteiger partial charge in [-0.05, 0) is 19.1 Å². The molecule has 78 valence electrons. The highest BCUT2D eigenvalue weighted by Gasteiger charge is 2.12. The van der Waals surface area contributed by atoms with Crippen LogP contribution in [0, 0.1) is 0 Å². The van der Waals surface area contributed by atoms with Gasteiger partial charge in [0.1, 0.15) is 6.10 Å². The molecule has 0 saturated heterocycles. The van der Waals surface area contributed by atoms with Crippen LogP contribution in [-0.4, -0.2) is 15.2 Å². The number of rotatable bonds is 2. The quantitative estimate of drug-likeness (QED) is 0.723. The minimum atomic E-state index is -0.757. The summed E-state index contributed by atoms with van der Waals surface area (Å²) in [5, 5.41) is 13.0. The van der Waals surface area contributed by atoms with Crippen LogP contribution in [-0.2, 0) is 0 Å². The molecule has 2 aromatic rings. The zero-order chi connectivity index (χ0) is 10.8. The monoisotopic (exact) mass is 205 g/mol. The maximum absolute atomic E-state index is 9.22. The van der Waals surface area contributed by atoms with Crippen LogP contribution in [0.25, 0.3) is 11.4 Å². The van der Waals surface area contributed by atoms with Crippen molar-refractivity contribution >= 4 is 5.69 Å². The predicted molar refractivity (Wildman–Crippen MR) is 54.8 cm³/mol. The van der Waals surface area contributed by atoms with Gasteiger partial charge in [-0.15, -0.1) is 0 Å². The molecule has 0 fully saturated rings. The van der Waals surface area contributed by atoms with E-state index in [1.54, 1.807) is 19.1 Å². The number of nitrogens with two attached hydrogens (primary N) is 1. The topological polar surface area (TPSA) is 85.2 Å². The second-order valence-electron chi connectivity index (χ2n) is 3.26. The number of benzene rings is 1. The van der Waals surface area contributed by atoms with E-state index >= 15 is 0 Å². The van der Waals surface area contributed by atoms with E-state index in [4.69, 9.17) is 10.3 Å². The molecular formula is C10H11N3O2. The number of hydrogen-bond acceptors (Lipinski definition) is 5. The van der Waals surface area contributed by atoms with Crippen molar-refractivity contribution in [3.8, 4) is 11.4 Å². The van der Waals surface area contributed by atoms with E-state index in [0.29, 0.717) is 11.5 Å². The van der Waals surface area contributed by atoms with E-state index in [9.17, 15) is 5.11 Å². The van der Waals surface area contributed by atoms with E-state index in [1.807, 2.05) is 12.1 Å². The Labute approximate surface area is 86.5 Å². The molecule has 1 atom stereocenters. The second kappa shape index (κ2) is 3.70. The van der Waals surface area contributed by atoms with Crippen LogP contribution in [0.15, 0.2) is 28.8 Å². The third-order valence-corrected chi connectivity index (χ3v) is 1.94. The van der Waals surface area contributed by atoms with Gasteiger partial charge in [0.2, 0.25) is 5.82 Å². The molecule has 0 bridgehead atoms. The Morgan fingerprint density at radius 3 is 2.87 bits per heavy atom. The first-order valence-electron chi connectivity index (χ1n) is 4.54. The number of aliphatic hydroxyl groups is 1. The van der Waals surface area contributed by atoms with Crippen LogP contribution >= 0.6 is 0 Å². The van der Waals surface area contributed by atoms with Crippen molar-refractivity contribution < 1.29 is 9.63 Å². The number of anilines is 1. The fraction of sp³-hybridized carbons (Fsp3) is 0.200. The van der Waals surface area contributed by atoms with Crippen molar-refractivity contribution in [1.82, 2.24) is 10.1 Å². The lowest BCUT2D eigenvalue weighted by Gasteiger charge is -1.95. The van der Waals surface area contributed by atoms with Gasteiger partial charge in [-0.25, -0.2) is 0 Å². The van der Waals surface area contributed by atoms with Gasteiger partial charge < -0.3 is 15.4 Å². The molecule has 5 heteroatoms. The normalized spacial score (nSPS) is 12.7. The number of aliphatic hydroxyl groups excluding tert-OH is 1. The molecule has 0 spiro atoms. The van der Waals surface area contributed by atoms with Crippen LogP contribution in [0.1, 0.15) is 18.9 Å². The predicted octanol–water partition coefficient (Wildman–Crippen LogP) is 1.37. The smallest absolute Gasteiger partial charge is 0.255 e. The molecule has 15 heavy (non-hydrogen) atoms. The summed E-state index contributed by atoms with van der Waals surface area (Å²) in [6.07, 6.45) is -0.757. The fourth-order valence-electron chi connectivity index (χ4n) is 1.20. The summed E-state index contributed by atoms with van der Waals surface area (Å²) in [6.45, 7) is 1.57. The van der Waals surface area contributed by atoms with Crippen LogP contribution in [0.4, 0.5) is 5.69 Å². The van der Waals surface area contributed by atoms with Crippen molar-refractivity contribution in [3.05, 3.63) is 30.2 Å². The molecule has 2 rings (SSSR count). The van der Waals surface area contributed by atoms with Gasteiger partial charge in [-0.3, -0.25) is 0 Å². The molecule has 0 aliphatic heterocycles. The Morgan fingerprint density at radius 2 is 2.27 bits per heavy atom. The van der Waals surface area contributed by atoms with E-state index < -0.39 is 6.10 Å². The maximum Gasteiger partial charge on any atom is 0.255 e. The van der Waals surface area contributed by atoms with Crippen LogP contribution in [0.5, 0.6) is 0 Å². The third kappa shape index (κ3) is 1.97. The summed E-state index contributed by atoms with van der Waals surface area (Å²) in [6, 6.07) is 7.16. The summed E-state index contributed by atoms with van der Waals surface area (Å²) in [7, 11) is 0. The standard InChI is InChI=1S/C10H11N3O2/c1-6(14)10-12-9(13-15-10)7-3-2-4-8(11)5-7/h2-6,14H,11H2,1H3. The first-order chi connectivity index (χ1) is 7.16. The van der Waals surface area contributed by atoms with Crippen LogP contribution < -0.4 is 5.73 Å². The van der Waals surface area contributed by atoms with Gasteiger partial charge in [0.25, 0.3) is 5.89 Å². The Hall–Kier alpha value is -1.88. The first kappa shape index (κ1) is 9.67. The van der Waals surface area contributed by atoms with Crippen molar-refractivity contribution in [1.29, 1.82) is 0 Å². The SMILES string of the molecule is CC(O)c1nc(-c2cccc(N)c2)no1. The molecular weight excluding hydrogens is 194 g/mol. The highest BCUT2D eigenvalue weighted by atomic mass is 16.5. The van der Waals surface area contributed by atoms with Crippen molar-refractivity contribution in [3.63, 3.8) is 0 Å². The summed E-state index contributed by atoms with van der Waals surface area (Å²) in [5.74, 6) is 0.630. The van der Waals surface area contributed by atoms with Gasteiger partial charge in [0.05, 0.1) is 0 Å². The molecule has 0 aliphatic carbocycles. The average Bonchev–Trinajstić information content (AvgIpc) is 2.66. The van der Waals surface area contributed by atoms with Crippen molar-refractivity contribution in [2.45, 2.75) is 13.0 Å². The van der Waals surface area contributed by atoms with Gasteiger partial charge in [-0.1, -0.05) is 17.3 Å². The molecule has 3 N–H and O–H groups in total. The van der Waals surface area contributed by atoms with Gasteiger partial charge >= 0.3 is 0 Å². The van der Waals surface area contributed by atoms with Crippen LogP contribution in [0.2, 0.25) is 0 Å². The second-order valence-corrected chi connectivity index (χ2v) is 3.26. The van der Waals surface area contributed by atoms with E-state index in [1.165, 1.54) is 0 Å². The Balaban J connectivity index is 2.37. The largest absolute Gasteiger partial charge is 0.399 e. The number of hydrogen-bond donors (Lipinski definition) is 2. The lowest BCUT2D eigenvalue weighted by Crippen LogP contribution is -1.90. The third-order valence-electron chi connectivity index (χ3n) is 1.94. The van der Waals surface area contributed by atoms with Crippen molar-refractivity contribution in [2.75, 3.05) is 5.73 Å². The number of nitrogens with zero attached hydrogens (tertiary/aromatic N) is 2. The van der Waals surface area contributed by atoms with Gasteiger partial charge in [0.15, 0.2) is 0 Å². The van der Waals surface area contributed by atoms with Gasteiger partial charge in [-0.2, -0.15) is 4.98 Å². The molecule has 1 heterocycles. The lowest BCUT2D eigenvalue weighted by atomic mass is 10.2.